The summed E-state index contributed by atoms with van der Waals surface area (Å²) in [6, 6.07) is 0. The van der Waals surface area contributed by atoms with E-state index in [1.165, 1.54) is 51.4 Å². The van der Waals surface area contributed by atoms with Crippen LogP contribution in [0.5, 0.6) is 0 Å². The van der Waals surface area contributed by atoms with Gasteiger partial charge >= 0.3 is 0 Å². The van der Waals surface area contributed by atoms with Crippen molar-refractivity contribution < 1.29 is 4.79 Å². The molecule has 204 valence electrons. The highest BCUT2D eigenvalue weighted by atomic mass is 16.1. The second-order valence-electron chi connectivity index (χ2n) is 9.79. The average molecular weight is 495 g/mol. The highest BCUT2D eigenvalue weighted by molar-refractivity contribution is 5.78. The van der Waals surface area contributed by atoms with Crippen molar-refractivity contribution in [2.45, 2.75) is 142 Å². The molecule has 0 aromatic heterocycles. The molecule has 0 rings (SSSR count). The zero-order valence-corrected chi connectivity index (χ0v) is 24.0. The number of rotatable bonds is 26. The first-order valence-electron chi connectivity index (χ1n) is 15.2. The molecule has 0 bridgehead atoms. The van der Waals surface area contributed by atoms with Crippen LogP contribution >= 0.6 is 0 Å². The van der Waals surface area contributed by atoms with Crippen molar-refractivity contribution in [3.63, 3.8) is 0 Å². The molecule has 0 aliphatic heterocycles. The minimum absolute atomic E-state index is 0.444. The molecule has 0 unspecified atom stereocenters. The number of carbonyl (C=O) groups excluding carboxylic acids is 1. The maximum absolute atomic E-state index is 12.0. The second kappa shape index (κ2) is 31.1. The Bertz CT molecular complexity index is 575. The molecule has 0 N–H and O–H groups in total. The van der Waals surface area contributed by atoms with Gasteiger partial charge in [0.15, 0.2) is 0 Å². The highest BCUT2D eigenvalue weighted by Crippen LogP contribution is 2.08. The minimum atomic E-state index is 0.444. The van der Waals surface area contributed by atoms with E-state index in [1.54, 1.807) is 0 Å². The van der Waals surface area contributed by atoms with Crippen molar-refractivity contribution in [3.05, 3.63) is 72.9 Å². The molecular weight excluding hydrogens is 436 g/mol. The van der Waals surface area contributed by atoms with Gasteiger partial charge in [-0.3, -0.25) is 4.79 Å². The first-order chi connectivity index (χ1) is 17.8. The lowest BCUT2D eigenvalue weighted by molar-refractivity contribution is -0.119. The van der Waals surface area contributed by atoms with Crippen molar-refractivity contribution in [2.75, 3.05) is 0 Å². The number of allylic oxidation sites excluding steroid dienone is 12. The van der Waals surface area contributed by atoms with Gasteiger partial charge in [0.1, 0.15) is 5.78 Å². The smallest absolute Gasteiger partial charge is 0.132 e. The molecule has 0 amide bonds. The molecule has 0 aliphatic rings. The summed E-state index contributed by atoms with van der Waals surface area (Å²) in [7, 11) is 0. The van der Waals surface area contributed by atoms with Crippen molar-refractivity contribution in [2.24, 2.45) is 0 Å². The summed E-state index contributed by atoms with van der Waals surface area (Å²) < 4.78 is 0. The van der Waals surface area contributed by atoms with Crippen molar-refractivity contribution >= 4 is 5.78 Å². The van der Waals surface area contributed by atoms with Crippen LogP contribution in [0.4, 0.5) is 0 Å². The molecule has 0 aliphatic carbocycles. The maximum Gasteiger partial charge on any atom is 0.132 e. The minimum Gasteiger partial charge on any atom is -0.300 e. The third-order valence-electron chi connectivity index (χ3n) is 6.19. The van der Waals surface area contributed by atoms with Crippen LogP contribution < -0.4 is 0 Å². The first-order valence-corrected chi connectivity index (χ1v) is 15.2. The van der Waals surface area contributed by atoms with Gasteiger partial charge < -0.3 is 0 Å². The van der Waals surface area contributed by atoms with Gasteiger partial charge in [-0.05, 0) is 89.9 Å². The molecule has 0 aromatic rings. The number of hydrogen-bond donors (Lipinski definition) is 0. The predicted octanol–water partition coefficient (Wildman–Crippen LogP) is 11.7. The van der Waals surface area contributed by atoms with E-state index in [4.69, 9.17) is 0 Å². The molecule has 0 heterocycles. The van der Waals surface area contributed by atoms with Crippen molar-refractivity contribution in [1.82, 2.24) is 0 Å². The second-order valence-corrected chi connectivity index (χ2v) is 9.79. The molecule has 0 aromatic carbocycles. The van der Waals surface area contributed by atoms with Gasteiger partial charge in [-0.2, -0.15) is 0 Å². The van der Waals surface area contributed by atoms with Crippen LogP contribution in [-0.4, -0.2) is 5.78 Å². The van der Waals surface area contributed by atoms with Crippen LogP contribution in [0.1, 0.15) is 142 Å². The Morgan fingerprint density at radius 1 is 0.389 bits per heavy atom. The lowest BCUT2D eigenvalue weighted by Gasteiger charge is -2.00. The van der Waals surface area contributed by atoms with Gasteiger partial charge in [0.25, 0.3) is 0 Å². The van der Waals surface area contributed by atoms with E-state index in [0.717, 1.165) is 77.0 Å². The van der Waals surface area contributed by atoms with Crippen LogP contribution in [0.25, 0.3) is 0 Å². The largest absolute Gasteiger partial charge is 0.300 e. The van der Waals surface area contributed by atoms with Crippen LogP contribution in [0.15, 0.2) is 72.9 Å². The Labute approximate surface area is 225 Å². The Balaban J connectivity index is 3.46. The fourth-order valence-electron chi connectivity index (χ4n) is 3.87. The summed E-state index contributed by atoms with van der Waals surface area (Å²) in [6.45, 7) is 4.50. The molecule has 0 saturated carbocycles. The van der Waals surface area contributed by atoms with E-state index >= 15 is 0 Å². The Hall–Kier alpha value is -1.89. The fraction of sp³-hybridized carbons (Fsp3) is 0.629. The third-order valence-corrected chi connectivity index (χ3v) is 6.19. The lowest BCUT2D eigenvalue weighted by atomic mass is 10.1. The molecular formula is C35H58O. The van der Waals surface area contributed by atoms with E-state index in [0.29, 0.717) is 5.78 Å². The molecule has 0 atom stereocenters. The third kappa shape index (κ3) is 30.1. The fourth-order valence-corrected chi connectivity index (χ4v) is 3.87. The summed E-state index contributed by atoms with van der Waals surface area (Å²) in [6.07, 6.45) is 49.7. The number of ketones is 1. The van der Waals surface area contributed by atoms with Gasteiger partial charge in [0, 0.05) is 12.8 Å². The summed E-state index contributed by atoms with van der Waals surface area (Å²) >= 11 is 0. The summed E-state index contributed by atoms with van der Waals surface area (Å²) in [4.78, 5) is 12.0. The van der Waals surface area contributed by atoms with Gasteiger partial charge in [-0.1, -0.05) is 112 Å². The van der Waals surface area contributed by atoms with E-state index in [2.05, 4.69) is 86.8 Å². The zero-order chi connectivity index (χ0) is 26.2. The Morgan fingerprint density at radius 2 is 0.667 bits per heavy atom. The van der Waals surface area contributed by atoms with E-state index in [9.17, 15) is 4.79 Å². The Morgan fingerprint density at radius 3 is 0.972 bits per heavy atom. The molecule has 36 heavy (non-hydrogen) atoms. The zero-order valence-electron chi connectivity index (χ0n) is 24.0. The number of hydrogen-bond acceptors (Lipinski definition) is 1. The lowest BCUT2D eigenvalue weighted by Crippen LogP contribution is -1.97. The first kappa shape index (κ1) is 34.1. The molecule has 0 spiro atoms. The summed E-state index contributed by atoms with van der Waals surface area (Å²) in [5.74, 6) is 0.444. The quantitative estimate of drug-likeness (QED) is 0.0863. The van der Waals surface area contributed by atoms with Crippen LogP contribution in [0.3, 0.4) is 0 Å². The number of unbranched alkanes of at least 4 members (excludes halogenated alkanes) is 10. The van der Waals surface area contributed by atoms with Gasteiger partial charge in [0.2, 0.25) is 0 Å². The molecule has 0 fully saturated rings. The van der Waals surface area contributed by atoms with Crippen LogP contribution in [0, 0.1) is 0 Å². The van der Waals surface area contributed by atoms with Crippen LogP contribution in [0.2, 0.25) is 0 Å². The number of carbonyl (C=O) groups is 1. The standard InChI is InChI=1S/C35H58O/c1-3-5-7-9-11-13-15-17-19-21-23-25-27-29-31-33-35(36)34-32-30-28-26-24-22-20-18-16-14-12-10-8-6-4-2/h11-14,17-20,23-26H,3-10,15-16,21-22,27-34H2,1-2H3/b13-11-,14-12-,19-17-,20-18-,25-23-,26-24-. The highest BCUT2D eigenvalue weighted by Gasteiger charge is 2.00. The van der Waals surface area contributed by atoms with Gasteiger partial charge in [-0.15, -0.1) is 0 Å². The van der Waals surface area contributed by atoms with Crippen molar-refractivity contribution in [1.29, 1.82) is 0 Å². The van der Waals surface area contributed by atoms with E-state index in [-0.39, 0.29) is 0 Å². The molecule has 1 nitrogen and oxygen atoms in total. The molecule has 0 saturated heterocycles. The SMILES string of the molecule is CCCCC/C=C\C/C=C\C/C=C\CCCCC(=O)CCCC/C=C\C/C=C\C/C=C\CCCCC. The van der Waals surface area contributed by atoms with E-state index < -0.39 is 0 Å². The topological polar surface area (TPSA) is 17.1 Å². The summed E-state index contributed by atoms with van der Waals surface area (Å²) in [5.41, 5.74) is 0. The average Bonchev–Trinajstić information content (AvgIpc) is 2.88. The van der Waals surface area contributed by atoms with Crippen molar-refractivity contribution in [3.8, 4) is 0 Å². The van der Waals surface area contributed by atoms with Gasteiger partial charge in [-0.25, -0.2) is 0 Å². The molecule has 1 heteroatoms. The van der Waals surface area contributed by atoms with Gasteiger partial charge in [0.05, 0.1) is 0 Å². The summed E-state index contributed by atoms with van der Waals surface area (Å²) in [5, 5.41) is 0. The number of Topliss-reactive ketones (excluding diaryl/α,β-unsaturated/α-hetero) is 1. The van der Waals surface area contributed by atoms with Crippen LogP contribution in [-0.2, 0) is 4.79 Å². The Kier molecular flexibility index (Phi) is 29.5. The van der Waals surface area contributed by atoms with E-state index in [1.807, 2.05) is 0 Å². The molecule has 0 radical (unpaired) electrons. The maximum atomic E-state index is 12.0. The normalized spacial score (nSPS) is 12.7. The monoisotopic (exact) mass is 494 g/mol. The predicted molar refractivity (Wildman–Crippen MR) is 164 cm³/mol.